The number of amides is 1. The lowest BCUT2D eigenvalue weighted by molar-refractivity contribution is 0.0992. The Bertz CT molecular complexity index is 868. The predicted molar refractivity (Wildman–Crippen MR) is 82.7 cm³/mol. The van der Waals surface area contributed by atoms with Gasteiger partial charge in [-0.25, -0.2) is 9.59 Å². The lowest BCUT2D eigenvalue weighted by Crippen LogP contribution is -2.29. The van der Waals surface area contributed by atoms with Gasteiger partial charge < -0.3 is 14.0 Å². The van der Waals surface area contributed by atoms with Crippen LogP contribution in [0.15, 0.2) is 20.1 Å². The molecular weight excluding hydrogens is 318 g/mol. The Hall–Kier alpha value is -2.84. The van der Waals surface area contributed by atoms with Crippen LogP contribution < -0.4 is 21.5 Å². The maximum absolute atomic E-state index is 12.3. The number of carbonyl (C=O) groups is 1. The molecule has 1 aliphatic carbocycles. The third-order valence-corrected chi connectivity index (χ3v) is 3.70. The summed E-state index contributed by atoms with van der Waals surface area (Å²) in [5.41, 5.74) is 1.34. The zero-order valence-electron chi connectivity index (χ0n) is 13.1. The quantitative estimate of drug-likeness (QED) is 0.762. The van der Waals surface area contributed by atoms with E-state index >= 15 is 0 Å². The van der Waals surface area contributed by atoms with E-state index in [4.69, 9.17) is 9.25 Å². The number of fused-ring (bicyclic) bond motifs is 1. The smallest absolute Gasteiger partial charge is 0.440 e. The average Bonchev–Trinajstić information content (AvgIpc) is 3.34. The maximum atomic E-state index is 12.3. The molecule has 1 aliphatic rings. The van der Waals surface area contributed by atoms with E-state index in [1.54, 1.807) is 6.92 Å². The number of nitrogens with zero attached hydrogens (tertiary/aromatic N) is 1. The normalized spacial score (nSPS) is 13.7. The van der Waals surface area contributed by atoms with E-state index < -0.39 is 17.3 Å². The van der Waals surface area contributed by atoms with Crippen LogP contribution in [0.1, 0.15) is 31.7 Å². The Morgan fingerprint density at radius 3 is 2.96 bits per heavy atom. The largest absolute Gasteiger partial charge is 0.448 e. The first kappa shape index (κ1) is 16.0. The third kappa shape index (κ3) is 3.73. The van der Waals surface area contributed by atoms with Crippen molar-refractivity contribution in [2.24, 2.45) is 5.92 Å². The monoisotopic (exact) mass is 335 g/mol. The summed E-state index contributed by atoms with van der Waals surface area (Å²) in [6.07, 6.45) is 3.07. The second kappa shape index (κ2) is 6.73. The molecule has 0 aromatic carbocycles. The fraction of sp³-hybridized carbons (Fsp3) is 0.467. The molecule has 24 heavy (non-hydrogen) atoms. The number of aryl methyl sites for hydroxylation is 1. The number of nitrogens with one attached hydrogen (secondary N) is 2. The highest BCUT2D eigenvalue weighted by molar-refractivity contribution is 5.75. The van der Waals surface area contributed by atoms with E-state index in [1.165, 1.54) is 18.9 Å². The van der Waals surface area contributed by atoms with Gasteiger partial charge in [-0.05, 0) is 31.2 Å². The topological polar surface area (TPSA) is 124 Å². The molecule has 0 unspecified atom stereocenters. The van der Waals surface area contributed by atoms with Crippen molar-refractivity contribution in [2.45, 2.75) is 32.6 Å². The van der Waals surface area contributed by atoms with Crippen molar-refractivity contribution < 1.29 is 18.8 Å². The summed E-state index contributed by atoms with van der Waals surface area (Å²) in [7, 11) is 0. The summed E-state index contributed by atoms with van der Waals surface area (Å²) >= 11 is 0. The van der Waals surface area contributed by atoms with E-state index in [-0.39, 0.29) is 23.7 Å². The first-order valence-electron chi connectivity index (χ1n) is 7.73. The molecule has 1 saturated carbocycles. The van der Waals surface area contributed by atoms with Gasteiger partial charge in [0.1, 0.15) is 5.39 Å². The Morgan fingerprint density at radius 2 is 2.25 bits per heavy atom. The summed E-state index contributed by atoms with van der Waals surface area (Å²) in [5.74, 6) is 0.663. The number of H-pyrrole nitrogens is 1. The molecule has 128 valence electrons. The fourth-order valence-corrected chi connectivity index (χ4v) is 2.39. The van der Waals surface area contributed by atoms with Gasteiger partial charge >= 0.3 is 17.7 Å². The number of aromatic nitrogens is 2. The second-order valence-corrected chi connectivity index (χ2v) is 5.55. The number of carbonyl (C=O) groups excluding carboxylic acids is 1. The molecule has 0 aliphatic heterocycles. The number of aromatic amines is 1. The Kier molecular flexibility index (Phi) is 4.50. The van der Waals surface area contributed by atoms with Gasteiger partial charge in [0.25, 0.3) is 5.56 Å². The highest BCUT2D eigenvalue weighted by Gasteiger charge is 2.22. The standard InChI is InChI=1S/C15H17N3O6/c1-2-22-15(21)18-24-14-16-12(20)11-9(6-5-8-3-4-8)7-10(19)23-13(11)17-14/h7-8H,2-6H2,1H3,(H,18,21)(H,16,17,20). The Balaban J connectivity index is 1.88. The van der Waals surface area contributed by atoms with Crippen molar-refractivity contribution in [2.75, 3.05) is 6.61 Å². The van der Waals surface area contributed by atoms with Crippen molar-refractivity contribution in [1.82, 2.24) is 15.4 Å². The number of rotatable bonds is 6. The minimum Gasteiger partial charge on any atom is -0.448 e. The van der Waals surface area contributed by atoms with Crippen molar-refractivity contribution in [3.05, 3.63) is 32.4 Å². The summed E-state index contributed by atoms with van der Waals surface area (Å²) < 4.78 is 9.60. The van der Waals surface area contributed by atoms with Gasteiger partial charge in [-0.1, -0.05) is 12.8 Å². The first-order chi connectivity index (χ1) is 11.6. The van der Waals surface area contributed by atoms with E-state index in [0.717, 1.165) is 6.42 Å². The molecule has 0 atom stereocenters. The van der Waals surface area contributed by atoms with Crippen LogP contribution in [0.2, 0.25) is 0 Å². The lowest BCUT2D eigenvalue weighted by Gasteiger charge is -2.07. The summed E-state index contributed by atoms with van der Waals surface area (Å²) in [6.45, 7) is 1.80. The maximum Gasteiger partial charge on any atom is 0.440 e. The van der Waals surface area contributed by atoms with Crippen LogP contribution in [-0.4, -0.2) is 22.7 Å². The Labute approximate surface area is 135 Å². The van der Waals surface area contributed by atoms with Gasteiger partial charge in [0.05, 0.1) is 6.61 Å². The minimum absolute atomic E-state index is 0.127. The van der Waals surface area contributed by atoms with Crippen molar-refractivity contribution in [3.63, 3.8) is 0 Å². The summed E-state index contributed by atoms with van der Waals surface area (Å²) in [4.78, 5) is 46.3. The highest BCUT2D eigenvalue weighted by atomic mass is 16.7. The molecule has 0 saturated heterocycles. The van der Waals surface area contributed by atoms with Crippen LogP contribution in [0.3, 0.4) is 0 Å². The third-order valence-electron chi connectivity index (χ3n) is 3.70. The van der Waals surface area contributed by atoms with Crippen molar-refractivity contribution in [3.8, 4) is 6.01 Å². The molecular formula is C15H17N3O6. The first-order valence-corrected chi connectivity index (χ1v) is 7.73. The zero-order valence-corrected chi connectivity index (χ0v) is 13.1. The molecule has 2 N–H and O–H groups in total. The molecule has 1 fully saturated rings. The molecule has 9 heteroatoms. The zero-order chi connectivity index (χ0) is 17.1. The van der Waals surface area contributed by atoms with Gasteiger partial charge in [0.15, 0.2) is 0 Å². The van der Waals surface area contributed by atoms with Crippen LogP contribution in [0.25, 0.3) is 11.1 Å². The summed E-state index contributed by atoms with van der Waals surface area (Å²) in [6, 6.07) is 1.02. The van der Waals surface area contributed by atoms with E-state index in [0.29, 0.717) is 17.9 Å². The molecule has 1 amide bonds. The minimum atomic E-state index is -0.833. The highest BCUT2D eigenvalue weighted by Crippen LogP contribution is 2.33. The average molecular weight is 335 g/mol. The SMILES string of the molecule is CCOC(=O)NOc1nc2oc(=O)cc(CCC3CC3)c2c(=O)[nH]1. The van der Waals surface area contributed by atoms with Gasteiger partial charge in [0, 0.05) is 6.07 Å². The van der Waals surface area contributed by atoms with Crippen molar-refractivity contribution in [1.29, 1.82) is 0 Å². The number of hydroxylamine groups is 1. The van der Waals surface area contributed by atoms with Crippen LogP contribution in [0, 0.1) is 5.92 Å². The fourth-order valence-electron chi connectivity index (χ4n) is 2.39. The van der Waals surface area contributed by atoms with Crippen molar-refractivity contribution >= 4 is 17.2 Å². The molecule has 9 nitrogen and oxygen atoms in total. The van der Waals surface area contributed by atoms with Crippen LogP contribution in [-0.2, 0) is 11.2 Å². The van der Waals surface area contributed by atoms with E-state index in [2.05, 4.69) is 14.7 Å². The molecule has 2 heterocycles. The van der Waals surface area contributed by atoms with Crippen LogP contribution in [0.5, 0.6) is 6.01 Å². The van der Waals surface area contributed by atoms with E-state index in [1.807, 2.05) is 5.48 Å². The Morgan fingerprint density at radius 1 is 1.46 bits per heavy atom. The lowest BCUT2D eigenvalue weighted by atomic mass is 10.1. The number of ether oxygens (including phenoxy) is 1. The van der Waals surface area contributed by atoms with Gasteiger partial charge in [0.2, 0.25) is 5.71 Å². The van der Waals surface area contributed by atoms with Crippen LogP contribution >= 0.6 is 0 Å². The van der Waals surface area contributed by atoms with Gasteiger partial charge in [-0.3, -0.25) is 9.78 Å². The van der Waals surface area contributed by atoms with Gasteiger partial charge in [-0.2, -0.15) is 4.98 Å². The summed E-state index contributed by atoms with van der Waals surface area (Å²) in [5, 5.41) is 0.221. The van der Waals surface area contributed by atoms with E-state index in [9.17, 15) is 14.4 Å². The molecule has 0 spiro atoms. The number of hydrogen-bond acceptors (Lipinski definition) is 7. The molecule has 2 aromatic heterocycles. The van der Waals surface area contributed by atoms with Gasteiger partial charge in [-0.15, -0.1) is 5.48 Å². The second-order valence-electron chi connectivity index (χ2n) is 5.55. The number of hydrogen-bond donors (Lipinski definition) is 2. The van der Waals surface area contributed by atoms with Crippen LogP contribution in [0.4, 0.5) is 4.79 Å². The molecule has 0 radical (unpaired) electrons. The predicted octanol–water partition coefficient (Wildman–Crippen LogP) is 1.26. The molecule has 0 bridgehead atoms. The molecule has 2 aromatic rings. The molecule has 3 rings (SSSR count).